The number of nitrogens with one attached hydrogen (secondary N) is 2. The number of carbonyl (C=O) groups excluding carboxylic acids is 3. The van der Waals surface area contributed by atoms with Crippen molar-refractivity contribution < 1.29 is 18.8 Å². The summed E-state index contributed by atoms with van der Waals surface area (Å²) in [5.74, 6) is -2.03. The largest absolute Gasteiger partial charge is 0.364 e. The number of nitrogens with zero attached hydrogens (tertiary/aromatic N) is 3. The van der Waals surface area contributed by atoms with Gasteiger partial charge in [-0.3, -0.25) is 19.1 Å². The van der Waals surface area contributed by atoms with Gasteiger partial charge in [0, 0.05) is 30.1 Å². The predicted octanol–water partition coefficient (Wildman–Crippen LogP) is 1.82. The number of amides is 3. The van der Waals surface area contributed by atoms with Crippen molar-refractivity contribution in [3.63, 3.8) is 0 Å². The molecule has 1 aliphatic heterocycles. The fourth-order valence-electron chi connectivity index (χ4n) is 4.26. The number of nitrogens with two attached hydrogens (primary N) is 1. The molecule has 1 atom stereocenters. The third-order valence-electron chi connectivity index (χ3n) is 6.03. The topological polar surface area (TPSA) is 122 Å². The second kappa shape index (κ2) is 10.8. The number of piperidine rings is 1. The summed E-state index contributed by atoms with van der Waals surface area (Å²) in [6.45, 7) is 0.969. The summed E-state index contributed by atoms with van der Waals surface area (Å²) in [5, 5.41) is 10.7. The highest BCUT2D eigenvalue weighted by Gasteiger charge is 2.28. The minimum absolute atomic E-state index is 0.0244. The Morgan fingerprint density at radius 2 is 2.03 bits per heavy atom. The molecule has 35 heavy (non-hydrogen) atoms. The molecule has 0 spiro atoms. The van der Waals surface area contributed by atoms with Crippen LogP contribution in [0.5, 0.6) is 0 Å². The van der Waals surface area contributed by atoms with Gasteiger partial charge in [-0.2, -0.15) is 5.10 Å². The minimum atomic E-state index is -0.687. The van der Waals surface area contributed by atoms with E-state index in [1.54, 1.807) is 30.3 Å². The number of aromatic nitrogens is 2. The molecule has 9 nitrogen and oxygen atoms in total. The lowest BCUT2D eigenvalue weighted by Crippen LogP contribution is -2.52. The van der Waals surface area contributed by atoms with E-state index in [-0.39, 0.29) is 47.9 Å². The van der Waals surface area contributed by atoms with Gasteiger partial charge in [0.2, 0.25) is 11.8 Å². The number of halogens is 2. The van der Waals surface area contributed by atoms with Crippen molar-refractivity contribution in [1.82, 2.24) is 25.3 Å². The van der Waals surface area contributed by atoms with Crippen LogP contribution < -0.4 is 16.4 Å². The number of hydrogen-bond acceptors (Lipinski definition) is 5. The molecule has 1 aliphatic rings. The number of fused-ring (bicyclic) bond motifs is 1. The number of benzene rings is 2. The first-order chi connectivity index (χ1) is 16.8. The van der Waals surface area contributed by atoms with Crippen LogP contribution in [0.4, 0.5) is 4.39 Å². The van der Waals surface area contributed by atoms with E-state index in [9.17, 15) is 18.8 Å². The highest BCUT2D eigenvalue weighted by molar-refractivity contribution is 6.30. The molecular weight excluding hydrogens is 475 g/mol. The number of primary amides is 1. The minimum Gasteiger partial charge on any atom is -0.364 e. The lowest BCUT2D eigenvalue weighted by atomic mass is 10.1. The van der Waals surface area contributed by atoms with Crippen LogP contribution in [0.3, 0.4) is 0 Å². The van der Waals surface area contributed by atoms with Crippen LogP contribution in [-0.4, -0.2) is 58.1 Å². The second-order valence-corrected chi connectivity index (χ2v) is 8.81. The Kier molecular flexibility index (Phi) is 7.62. The van der Waals surface area contributed by atoms with Crippen LogP contribution in [0.15, 0.2) is 42.5 Å². The summed E-state index contributed by atoms with van der Waals surface area (Å²) in [4.78, 5) is 39.5. The van der Waals surface area contributed by atoms with Gasteiger partial charge >= 0.3 is 0 Å². The van der Waals surface area contributed by atoms with Crippen LogP contribution in [-0.2, 0) is 22.7 Å². The van der Waals surface area contributed by atoms with E-state index in [0.29, 0.717) is 17.4 Å². The van der Waals surface area contributed by atoms with E-state index in [4.69, 9.17) is 17.3 Å². The first kappa shape index (κ1) is 24.6. The summed E-state index contributed by atoms with van der Waals surface area (Å²) < 4.78 is 15.6. The Bertz CT molecular complexity index is 1260. The maximum Gasteiger partial charge on any atom is 0.269 e. The molecule has 0 unspecified atom stereocenters. The molecule has 3 aromatic rings. The van der Waals surface area contributed by atoms with Crippen molar-refractivity contribution in [2.45, 2.75) is 32.0 Å². The van der Waals surface area contributed by atoms with Crippen molar-refractivity contribution >= 4 is 40.2 Å². The van der Waals surface area contributed by atoms with Crippen molar-refractivity contribution in [2.75, 3.05) is 19.6 Å². The summed E-state index contributed by atoms with van der Waals surface area (Å²) in [7, 11) is 0. The van der Waals surface area contributed by atoms with Gasteiger partial charge in [-0.1, -0.05) is 41.9 Å². The van der Waals surface area contributed by atoms with Gasteiger partial charge in [0.1, 0.15) is 12.4 Å². The summed E-state index contributed by atoms with van der Waals surface area (Å²) in [6.07, 6.45) is 1.60. The second-order valence-electron chi connectivity index (χ2n) is 8.40. The van der Waals surface area contributed by atoms with Crippen LogP contribution in [0.1, 0.15) is 28.9 Å². The molecule has 184 valence electrons. The maximum absolute atomic E-state index is 14.2. The molecule has 0 bridgehead atoms. The molecule has 1 fully saturated rings. The standard InChI is InChI=1S/C24H26ClFN6O3/c25-18-8-3-5-15(22(18)26)11-29-20(33)13-31(16-6-4-10-28-12-16)21(34)14-32-19-9-2-1-7-17(19)23(30-32)24(27)35/h1-3,5,7-9,16,28H,4,6,10-14H2,(H2,27,35)(H,29,33)/t16-/m1/s1. The molecule has 1 saturated heterocycles. The molecule has 2 heterocycles. The Morgan fingerprint density at radius 3 is 2.77 bits per heavy atom. The lowest BCUT2D eigenvalue weighted by molar-refractivity contribution is -0.139. The third kappa shape index (κ3) is 5.60. The number of hydrogen-bond donors (Lipinski definition) is 3. The van der Waals surface area contributed by atoms with Gasteiger partial charge in [-0.05, 0) is 31.5 Å². The Balaban J connectivity index is 1.51. The normalized spacial score (nSPS) is 15.7. The highest BCUT2D eigenvalue weighted by Crippen LogP contribution is 2.20. The average Bonchev–Trinajstić information content (AvgIpc) is 3.22. The fourth-order valence-corrected chi connectivity index (χ4v) is 4.45. The molecule has 2 aromatic carbocycles. The van der Waals surface area contributed by atoms with Gasteiger partial charge in [0.05, 0.1) is 17.1 Å². The monoisotopic (exact) mass is 500 g/mol. The predicted molar refractivity (Wildman–Crippen MR) is 129 cm³/mol. The van der Waals surface area contributed by atoms with Crippen molar-refractivity contribution in [1.29, 1.82) is 0 Å². The van der Waals surface area contributed by atoms with Gasteiger partial charge in [-0.25, -0.2) is 4.39 Å². The SMILES string of the molecule is NC(=O)c1nn(CC(=O)N(CC(=O)NCc2cccc(Cl)c2F)[C@@H]2CCCNC2)c2ccccc12. The van der Waals surface area contributed by atoms with Crippen LogP contribution >= 0.6 is 11.6 Å². The van der Waals surface area contributed by atoms with E-state index in [1.165, 1.54) is 21.7 Å². The first-order valence-corrected chi connectivity index (χ1v) is 11.7. The van der Waals surface area contributed by atoms with Gasteiger partial charge in [0.15, 0.2) is 5.69 Å². The highest BCUT2D eigenvalue weighted by atomic mass is 35.5. The quantitative estimate of drug-likeness (QED) is 0.435. The van der Waals surface area contributed by atoms with E-state index in [2.05, 4.69) is 15.7 Å². The molecular formula is C24H26ClFN6O3. The van der Waals surface area contributed by atoms with E-state index >= 15 is 0 Å². The molecule has 0 radical (unpaired) electrons. The van der Waals surface area contributed by atoms with Gasteiger partial charge in [-0.15, -0.1) is 0 Å². The van der Waals surface area contributed by atoms with E-state index in [0.717, 1.165) is 19.4 Å². The first-order valence-electron chi connectivity index (χ1n) is 11.3. The smallest absolute Gasteiger partial charge is 0.269 e. The Labute approximate surface area is 206 Å². The molecule has 0 saturated carbocycles. The fraction of sp³-hybridized carbons (Fsp3) is 0.333. The van der Waals surface area contributed by atoms with Crippen molar-refractivity contribution in [3.05, 3.63) is 64.6 Å². The number of para-hydroxylation sites is 1. The lowest BCUT2D eigenvalue weighted by Gasteiger charge is -2.34. The van der Waals surface area contributed by atoms with Crippen LogP contribution in [0.2, 0.25) is 5.02 Å². The van der Waals surface area contributed by atoms with Crippen LogP contribution in [0, 0.1) is 5.82 Å². The van der Waals surface area contributed by atoms with E-state index in [1.807, 2.05) is 0 Å². The number of carbonyl (C=O) groups is 3. The number of rotatable bonds is 8. The molecule has 11 heteroatoms. The summed E-state index contributed by atoms with van der Waals surface area (Å²) in [6, 6.07) is 11.4. The Morgan fingerprint density at radius 1 is 1.23 bits per heavy atom. The van der Waals surface area contributed by atoms with Gasteiger partial charge < -0.3 is 21.3 Å². The maximum atomic E-state index is 14.2. The van der Waals surface area contributed by atoms with Gasteiger partial charge in [0.25, 0.3) is 5.91 Å². The Hall–Kier alpha value is -3.50. The zero-order valence-electron chi connectivity index (χ0n) is 19.0. The average molecular weight is 501 g/mol. The van der Waals surface area contributed by atoms with Crippen molar-refractivity contribution in [2.24, 2.45) is 5.73 Å². The zero-order chi connectivity index (χ0) is 24.9. The third-order valence-corrected chi connectivity index (χ3v) is 6.32. The summed E-state index contributed by atoms with van der Waals surface area (Å²) in [5.41, 5.74) is 6.39. The molecule has 4 rings (SSSR count). The summed E-state index contributed by atoms with van der Waals surface area (Å²) >= 11 is 5.81. The zero-order valence-corrected chi connectivity index (χ0v) is 19.7. The molecule has 4 N–H and O–H groups in total. The van der Waals surface area contributed by atoms with Crippen LogP contribution in [0.25, 0.3) is 10.9 Å². The molecule has 0 aliphatic carbocycles. The van der Waals surface area contributed by atoms with E-state index < -0.39 is 17.6 Å². The molecule has 3 amide bonds. The molecule has 1 aromatic heterocycles. The van der Waals surface area contributed by atoms with Crippen molar-refractivity contribution in [3.8, 4) is 0 Å².